The van der Waals surface area contributed by atoms with E-state index in [0.29, 0.717) is 20.9 Å². The Morgan fingerprint density at radius 2 is 2.19 bits per heavy atom. The van der Waals surface area contributed by atoms with Crippen LogP contribution in [0, 0.1) is 0 Å². The fourth-order valence-corrected chi connectivity index (χ4v) is 2.22. The molecule has 88 valence electrons. The van der Waals surface area contributed by atoms with Gasteiger partial charge >= 0.3 is 0 Å². The fraction of sp³-hybridized carbons (Fsp3) is 0.364. The summed E-state index contributed by atoms with van der Waals surface area (Å²) in [4.78, 5) is 13.7. The Bertz CT molecular complexity index is 398. The van der Waals surface area contributed by atoms with Crippen molar-refractivity contribution in [2.75, 3.05) is 12.9 Å². The molecule has 1 unspecified atom stereocenters. The standard InChI is InChI=1S/C11H12BrCl2NO/c1-7(6-13)15(2)11(16)9-4-3-8(14)5-10(9)12/h3-5,7H,6H2,1-2H3. The second kappa shape index (κ2) is 5.89. The van der Waals surface area contributed by atoms with Gasteiger partial charge in [0, 0.05) is 28.5 Å². The molecule has 1 rings (SSSR count). The Kier molecular flexibility index (Phi) is 5.09. The number of hydrogen-bond acceptors (Lipinski definition) is 1. The second-order valence-corrected chi connectivity index (χ2v) is 5.14. The third-order valence-corrected chi connectivity index (χ3v) is 3.70. The molecule has 2 nitrogen and oxygen atoms in total. The van der Waals surface area contributed by atoms with Crippen molar-refractivity contribution in [1.82, 2.24) is 4.90 Å². The summed E-state index contributed by atoms with van der Waals surface area (Å²) < 4.78 is 0.693. The number of amides is 1. The van der Waals surface area contributed by atoms with Gasteiger partial charge in [-0.3, -0.25) is 4.79 Å². The summed E-state index contributed by atoms with van der Waals surface area (Å²) in [6.45, 7) is 1.90. The highest BCUT2D eigenvalue weighted by Gasteiger charge is 2.18. The number of carbonyl (C=O) groups is 1. The lowest BCUT2D eigenvalue weighted by Gasteiger charge is -2.23. The number of carbonyl (C=O) groups excluding carboxylic acids is 1. The maximum absolute atomic E-state index is 12.1. The average molecular weight is 325 g/mol. The minimum Gasteiger partial charge on any atom is -0.338 e. The lowest BCUT2D eigenvalue weighted by molar-refractivity contribution is 0.0756. The first-order chi connectivity index (χ1) is 7.47. The Labute approximate surface area is 114 Å². The Hall–Kier alpha value is -0.250. The van der Waals surface area contributed by atoms with Gasteiger partial charge in [-0.2, -0.15) is 0 Å². The van der Waals surface area contributed by atoms with Crippen molar-refractivity contribution in [1.29, 1.82) is 0 Å². The molecule has 1 atom stereocenters. The van der Waals surface area contributed by atoms with E-state index in [1.807, 2.05) is 6.92 Å². The molecule has 1 aromatic rings. The first-order valence-electron chi connectivity index (χ1n) is 4.75. The van der Waals surface area contributed by atoms with Crippen LogP contribution in [0.1, 0.15) is 17.3 Å². The van der Waals surface area contributed by atoms with E-state index in [4.69, 9.17) is 23.2 Å². The highest BCUT2D eigenvalue weighted by Crippen LogP contribution is 2.23. The van der Waals surface area contributed by atoms with Crippen molar-refractivity contribution in [3.63, 3.8) is 0 Å². The van der Waals surface area contributed by atoms with Gasteiger partial charge in [0.15, 0.2) is 0 Å². The molecule has 0 aliphatic rings. The topological polar surface area (TPSA) is 20.3 Å². The Balaban J connectivity index is 2.96. The SMILES string of the molecule is CC(CCl)N(C)C(=O)c1ccc(Cl)cc1Br. The van der Waals surface area contributed by atoms with E-state index in [1.165, 1.54) is 0 Å². The summed E-state index contributed by atoms with van der Waals surface area (Å²) >= 11 is 14.9. The lowest BCUT2D eigenvalue weighted by atomic mass is 10.2. The predicted octanol–water partition coefficient (Wildman–Crippen LogP) is 3.80. The second-order valence-electron chi connectivity index (χ2n) is 3.54. The van der Waals surface area contributed by atoms with Gasteiger partial charge < -0.3 is 4.90 Å². The largest absolute Gasteiger partial charge is 0.338 e. The summed E-state index contributed by atoms with van der Waals surface area (Å²) in [6, 6.07) is 5.09. The molecule has 0 fully saturated rings. The zero-order valence-electron chi connectivity index (χ0n) is 9.01. The van der Waals surface area contributed by atoms with Gasteiger partial charge in [-0.05, 0) is 41.1 Å². The van der Waals surface area contributed by atoms with Crippen molar-refractivity contribution in [3.05, 3.63) is 33.3 Å². The highest BCUT2D eigenvalue weighted by molar-refractivity contribution is 9.10. The summed E-state index contributed by atoms with van der Waals surface area (Å²) in [5, 5.41) is 0.594. The monoisotopic (exact) mass is 323 g/mol. The van der Waals surface area contributed by atoms with Gasteiger partial charge in [0.05, 0.1) is 5.56 Å². The molecule has 0 saturated heterocycles. The smallest absolute Gasteiger partial charge is 0.255 e. The van der Waals surface area contributed by atoms with E-state index in [2.05, 4.69) is 15.9 Å². The van der Waals surface area contributed by atoms with E-state index in [-0.39, 0.29) is 11.9 Å². The summed E-state index contributed by atoms with van der Waals surface area (Å²) in [7, 11) is 1.73. The molecule has 0 aromatic heterocycles. The van der Waals surface area contributed by atoms with E-state index in [1.54, 1.807) is 30.1 Å². The van der Waals surface area contributed by atoms with E-state index < -0.39 is 0 Å². The van der Waals surface area contributed by atoms with Crippen LogP contribution < -0.4 is 0 Å². The van der Waals surface area contributed by atoms with Crippen molar-refractivity contribution >= 4 is 45.0 Å². The number of halogens is 3. The van der Waals surface area contributed by atoms with Gasteiger partial charge in [-0.1, -0.05) is 11.6 Å². The Morgan fingerprint density at radius 1 is 1.56 bits per heavy atom. The highest BCUT2D eigenvalue weighted by atomic mass is 79.9. The zero-order chi connectivity index (χ0) is 12.3. The first kappa shape index (κ1) is 13.8. The van der Waals surface area contributed by atoms with Crippen molar-refractivity contribution in [3.8, 4) is 0 Å². The van der Waals surface area contributed by atoms with Crippen molar-refractivity contribution in [2.45, 2.75) is 13.0 Å². The van der Waals surface area contributed by atoms with Gasteiger partial charge in [0.2, 0.25) is 0 Å². The molecule has 5 heteroatoms. The number of rotatable bonds is 3. The molecule has 1 aromatic carbocycles. The summed E-state index contributed by atoms with van der Waals surface area (Å²) in [6.07, 6.45) is 0. The minimum atomic E-state index is -0.0725. The van der Waals surface area contributed by atoms with Gasteiger partial charge in [0.1, 0.15) is 0 Å². The maximum atomic E-state index is 12.1. The minimum absolute atomic E-state index is 0.00301. The van der Waals surface area contributed by atoms with Crippen LogP contribution in [0.25, 0.3) is 0 Å². The molecule has 16 heavy (non-hydrogen) atoms. The van der Waals surface area contributed by atoms with Crippen molar-refractivity contribution in [2.24, 2.45) is 0 Å². The number of hydrogen-bond donors (Lipinski definition) is 0. The van der Waals surface area contributed by atoms with Crippen LogP contribution in [-0.4, -0.2) is 29.8 Å². The molecular weight excluding hydrogens is 313 g/mol. The normalized spacial score (nSPS) is 12.3. The van der Waals surface area contributed by atoms with Crippen LogP contribution >= 0.6 is 39.1 Å². The summed E-state index contributed by atoms with van der Waals surface area (Å²) in [5.74, 6) is 0.338. The molecule has 0 N–H and O–H groups in total. The molecule has 1 amide bonds. The average Bonchev–Trinajstić information content (AvgIpc) is 2.26. The van der Waals surface area contributed by atoms with Gasteiger partial charge in [0.25, 0.3) is 5.91 Å². The molecule has 0 bridgehead atoms. The van der Waals surface area contributed by atoms with Crippen LogP contribution in [0.2, 0.25) is 5.02 Å². The fourth-order valence-electron chi connectivity index (χ4n) is 1.16. The lowest BCUT2D eigenvalue weighted by Crippen LogP contribution is -2.36. The molecule has 0 aliphatic heterocycles. The molecular formula is C11H12BrCl2NO. The zero-order valence-corrected chi connectivity index (χ0v) is 12.1. The predicted molar refractivity (Wildman–Crippen MR) is 71.4 cm³/mol. The number of benzene rings is 1. The Morgan fingerprint density at radius 3 is 2.69 bits per heavy atom. The van der Waals surface area contributed by atoms with Crippen LogP contribution in [0.15, 0.2) is 22.7 Å². The molecule has 0 saturated carbocycles. The third-order valence-electron chi connectivity index (χ3n) is 2.37. The quantitative estimate of drug-likeness (QED) is 0.774. The van der Waals surface area contributed by atoms with Gasteiger partial charge in [-0.25, -0.2) is 0 Å². The maximum Gasteiger partial charge on any atom is 0.255 e. The van der Waals surface area contributed by atoms with Crippen LogP contribution in [-0.2, 0) is 0 Å². The molecule has 0 spiro atoms. The molecule has 0 heterocycles. The number of alkyl halides is 1. The van der Waals surface area contributed by atoms with Crippen molar-refractivity contribution < 1.29 is 4.79 Å². The van der Waals surface area contributed by atoms with Crippen LogP contribution in [0.3, 0.4) is 0 Å². The van der Waals surface area contributed by atoms with Gasteiger partial charge in [-0.15, -0.1) is 11.6 Å². The molecule has 0 radical (unpaired) electrons. The van der Waals surface area contributed by atoms with E-state index in [9.17, 15) is 4.79 Å². The van der Waals surface area contributed by atoms with Crippen LogP contribution in [0.5, 0.6) is 0 Å². The van der Waals surface area contributed by atoms with Crippen LogP contribution in [0.4, 0.5) is 0 Å². The third kappa shape index (κ3) is 3.12. The van der Waals surface area contributed by atoms with E-state index >= 15 is 0 Å². The first-order valence-corrected chi connectivity index (χ1v) is 6.46. The summed E-state index contributed by atoms with van der Waals surface area (Å²) in [5.41, 5.74) is 0.587. The molecule has 0 aliphatic carbocycles. The van der Waals surface area contributed by atoms with E-state index in [0.717, 1.165) is 0 Å². The number of nitrogens with zero attached hydrogens (tertiary/aromatic N) is 1.